The molecule has 0 heterocycles. The highest BCUT2D eigenvalue weighted by molar-refractivity contribution is 7.73. The Kier molecular flexibility index (Phi) is 14.6. The Morgan fingerprint density at radius 2 is 1.25 bits per heavy atom. The largest absolute Gasteiger partial charge is 0.396 e. The van der Waals surface area contributed by atoms with Gasteiger partial charge >= 0.3 is 7.60 Å². The summed E-state index contributed by atoms with van der Waals surface area (Å²) in [5.74, 6) is -0.147. The van der Waals surface area contributed by atoms with Crippen LogP contribution in [0.4, 0.5) is 0 Å². The van der Waals surface area contributed by atoms with Crippen LogP contribution in [0.5, 0.6) is 0 Å². The standard InChI is InChI=1S/C16H36O6P2/c1-4-22-23(18,16-24(19,20-2)21-3)15-13-11-9-7-5-6-8-10-12-14-17/h17H,4-16H2,1-3H3. The molecule has 0 spiro atoms. The monoisotopic (exact) mass is 386 g/mol. The Balaban J connectivity index is 3.97. The van der Waals surface area contributed by atoms with E-state index in [4.69, 9.17) is 18.7 Å². The SMILES string of the molecule is CCOP(=O)(CCCCCCCCCCCO)CP(=O)(OC)OC. The maximum Gasteiger partial charge on any atom is 0.339 e. The zero-order valence-corrected chi connectivity index (χ0v) is 17.4. The first kappa shape index (κ1) is 24.3. The van der Waals surface area contributed by atoms with Crippen molar-refractivity contribution < 1.29 is 27.8 Å². The average molecular weight is 386 g/mol. The van der Waals surface area contributed by atoms with Crippen LogP contribution in [0, 0.1) is 0 Å². The lowest BCUT2D eigenvalue weighted by Crippen LogP contribution is -2.03. The second-order valence-corrected chi connectivity index (χ2v) is 11.4. The number of aliphatic hydroxyl groups is 1. The number of unbranched alkanes of at least 4 members (excludes halogenated alkanes) is 8. The third kappa shape index (κ3) is 11.8. The third-order valence-electron chi connectivity index (χ3n) is 3.97. The molecule has 1 unspecified atom stereocenters. The topological polar surface area (TPSA) is 82.1 Å². The Morgan fingerprint density at radius 1 is 0.792 bits per heavy atom. The van der Waals surface area contributed by atoms with Crippen LogP contribution in [0.25, 0.3) is 0 Å². The molecular formula is C16H36O6P2. The fourth-order valence-electron chi connectivity index (χ4n) is 2.57. The van der Waals surface area contributed by atoms with E-state index < -0.39 is 15.0 Å². The van der Waals surface area contributed by atoms with Gasteiger partial charge in [-0.15, -0.1) is 0 Å². The highest BCUT2D eigenvalue weighted by Gasteiger charge is 2.35. The van der Waals surface area contributed by atoms with Crippen LogP contribution in [0.15, 0.2) is 0 Å². The average Bonchev–Trinajstić information content (AvgIpc) is 2.56. The third-order valence-corrected chi connectivity index (χ3v) is 9.91. The lowest BCUT2D eigenvalue weighted by atomic mass is 10.1. The number of hydrogen-bond donors (Lipinski definition) is 1. The van der Waals surface area contributed by atoms with Crippen molar-refractivity contribution in [1.82, 2.24) is 0 Å². The van der Waals surface area contributed by atoms with Crippen LogP contribution >= 0.6 is 15.0 Å². The maximum atomic E-state index is 12.8. The van der Waals surface area contributed by atoms with Crippen LogP contribution in [-0.2, 0) is 22.7 Å². The molecule has 1 atom stereocenters. The highest BCUT2D eigenvalue weighted by Crippen LogP contribution is 2.62. The zero-order chi connectivity index (χ0) is 18.3. The molecule has 0 fully saturated rings. The molecule has 1 N–H and O–H groups in total. The first-order chi connectivity index (χ1) is 11.4. The molecule has 0 aliphatic heterocycles. The number of rotatable bonds is 17. The Labute approximate surface area is 147 Å². The summed E-state index contributed by atoms with van der Waals surface area (Å²) < 4.78 is 40.2. The first-order valence-electron chi connectivity index (χ1n) is 8.99. The van der Waals surface area contributed by atoms with Crippen LogP contribution in [-0.4, -0.2) is 44.6 Å². The maximum absolute atomic E-state index is 12.8. The van der Waals surface area contributed by atoms with Gasteiger partial charge in [0.15, 0.2) is 0 Å². The predicted octanol–water partition coefficient (Wildman–Crippen LogP) is 5.25. The Hall–Kier alpha value is 0.300. The molecule has 0 saturated heterocycles. The van der Waals surface area contributed by atoms with Crippen molar-refractivity contribution in [3.05, 3.63) is 0 Å². The molecule has 0 saturated carbocycles. The molecule has 0 rings (SSSR count). The van der Waals surface area contributed by atoms with Crippen LogP contribution < -0.4 is 0 Å². The predicted molar refractivity (Wildman–Crippen MR) is 99.2 cm³/mol. The van der Waals surface area contributed by atoms with E-state index in [1.807, 2.05) is 0 Å². The van der Waals surface area contributed by atoms with E-state index in [0.29, 0.717) is 19.4 Å². The van der Waals surface area contributed by atoms with Gasteiger partial charge in [0, 0.05) is 27.0 Å². The summed E-state index contributed by atoms with van der Waals surface area (Å²) in [6, 6.07) is 0. The van der Waals surface area contributed by atoms with Crippen LogP contribution in [0.2, 0.25) is 0 Å². The van der Waals surface area contributed by atoms with Crippen molar-refractivity contribution in [2.75, 3.05) is 39.5 Å². The minimum atomic E-state index is -3.32. The summed E-state index contributed by atoms with van der Waals surface area (Å²) in [4.78, 5) is 0. The normalized spacial score (nSPS) is 14.7. The summed E-state index contributed by atoms with van der Waals surface area (Å²) in [5, 5.41) is 8.71. The molecule has 0 aromatic heterocycles. The van der Waals surface area contributed by atoms with Crippen LogP contribution in [0.1, 0.15) is 64.7 Å². The van der Waals surface area contributed by atoms with E-state index in [1.54, 1.807) is 6.92 Å². The van der Waals surface area contributed by atoms with E-state index >= 15 is 0 Å². The van der Waals surface area contributed by atoms with E-state index in [9.17, 15) is 9.13 Å². The molecule has 0 amide bonds. The van der Waals surface area contributed by atoms with Crippen molar-refractivity contribution in [1.29, 1.82) is 0 Å². The van der Waals surface area contributed by atoms with E-state index in [2.05, 4.69) is 0 Å². The van der Waals surface area contributed by atoms with Gasteiger partial charge in [0.05, 0.1) is 6.61 Å². The van der Waals surface area contributed by atoms with Crippen molar-refractivity contribution >= 4 is 15.0 Å². The quantitative estimate of drug-likeness (QED) is 0.272. The van der Waals surface area contributed by atoms with Gasteiger partial charge in [0.1, 0.15) is 5.90 Å². The minimum Gasteiger partial charge on any atom is -0.396 e. The Morgan fingerprint density at radius 3 is 1.67 bits per heavy atom. The molecule has 146 valence electrons. The van der Waals surface area contributed by atoms with Crippen molar-refractivity contribution in [3.63, 3.8) is 0 Å². The molecule has 0 radical (unpaired) electrons. The fraction of sp³-hybridized carbons (Fsp3) is 1.00. The van der Waals surface area contributed by atoms with Crippen LogP contribution in [0.3, 0.4) is 0 Å². The molecule has 0 aliphatic carbocycles. The van der Waals surface area contributed by atoms with Gasteiger partial charge in [-0.1, -0.05) is 44.9 Å². The summed E-state index contributed by atoms with van der Waals surface area (Å²) in [5.41, 5.74) is 0. The van der Waals surface area contributed by atoms with Crippen molar-refractivity contribution in [2.45, 2.75) is 64.7 Å². The zero-order valence-electron chi connectivity index (χ0n) is 15.6. The fourth-order valence-corrected chi connectivity index (χ4v) is 7.95. The molecule has 0 aliphatic rings. The summed E-state index contributed by atoms with van der Waals surface area (Å²) in [6.45, 7) is 2.41. The summed E-state index contributed by atoms with van der Waals surface area (Å²) in [6.07, 6.45) is 10.1. The van der Waals surface area contributed by atoms with Gasteiger partial charge in [-0.05, 0) is 19.8 Å². The smallest absolute Gasteiger partial charge is 0.339 e. The molecule has 0 aromatic carbocycles. The second-order valence-electron chi connectivity index (χ2n) is 5.98. The number of aliphatic hydroxyl groups excluding tert-OH is 1. The second kappa shape index (κ2) is 14.5. The van der Waals surface area contributed by atoms with Crippen molar-refractivity contribution in [2.24, 2.45) is 0 Å². The first-order valence-corrected chi connectivity index (χ1v) is 12.7. The Bertz CT molecular complexity index is 381. The summed E-state index contributed by atoms with van der Waals surface area (Å²) in [7, 11) is -3.69. The lowest BCUT2D eigenvalue weighted by molar-refractivity contribution is 0.276. The molecule has 24 heavy (non-hydrogen) atoms. The molecular weight excluding hydrogens is 350 g/mol. The lowest BCUT2D eigenvalue weighted by Gasteiger charge is -2.21. The number of hydrogen-bond acceptors (Lipinski definition) is 6. The highest BCUT2D eigenvalue weighted by atomic mass is 31.2. The van der Waals surface area contributed by atoms with E-state index in [-0.39, 0.29) is 5.90 Å². The van der Waals surface area contributed by atoms with E-state index in [0.717, 1.165) is 32.1 Å². The molecule has 6 nitrogen and oxygen atoms in total. The van der Waals surface area contributed by atoms with Gasteiger partial charge in [-0.2, -0.15) is 0 Å². The minimum absolute atomic E-state index is 0.147. The van der Waals surface area contributed by atoms with Crippen molar-refractivity contribution in [3.8, 4) is 0 Å². The summed E-state index contributed by atoms with van der Waals surface area (Å²) >= 11 is 0. The molecule has 0 aromatic rings. The molecule has 0 bridgehead atoms. The van der Waals surface area contributed by atoms with E-state index in [1.165, 1.54) is 39.9 Å². The molecule has 8 heteroatoms. The van der Waals surface area contributed by atoms with Gasteiger partial charge in [-0.3, -0.25) is 9.13 Å². The van der Waals surface area contributed by atoms with Gasteiger partial charge in [-0.25, -0.2) is 0 Å². The van der Waals surface area contributed by atoms with Gasteiger partial charge < -0.3 is 18.7 Å². The van der Waals surface area contributed by atoms with Gasteiger partial charge in [0.25, 0.3) is 0 Å². The van der Waals surface area contributed by atoms with Gasteiger partial charge in [0.2, 0.25) is 7.37 Å².